The van der Waals surface area contributed by atoms with Gasteiger partial charge in [0.25, 0.3) is 0 Å². The number of thioether (sulfide) groups is 1. The van der Waals surface area contributed by atoms with Crippen molar-refractivity contribution in [1.29, 1.82) is 0 Å². The molecule has 2 N–H and O–H groups in total. The van der Waals surface area contributed by atoms with E-state index in [1.165, 1.54) is 50.3 Å². The number of ether oxygens (including phenoxy) is 1. The second-order valence-electron chi connectivity index (χ2n) is 8.72. The number of guanidine groups is 1. The molecule has 0 spiro atoms. The third kappa shape index (κ3) is 5.52. The molecule has 7 heteroatoms. The Bertz CT molecular complexity index is 481. The molecule has 1 saturated carbocycles. The van der Waals surface area contributed by atoms with Crippen molar-refractivity contribution < 1.29 is 4.74 Å². The zero-order valence-electron chi connectivity index (χ0n) is 17.6. The summed E-state index contributed by atoms with van der Waals surface area (Å²) >= 11 is 2.10. The number of morpholine rings is 1. The van der Waals surface area contributed by atoms with E-state index in [-0.39, 0.29) is 5.54 Å². The minimum atomic E-state index is 0.0938. The highest BCUT2D eigenvalue weighted by Gasteiger charge is 2.40. The van der Waals surface area contributed by atoms with Gasteiger partial charge in [-0.2, -0.15) is 11.8 Å². The van der Waals surface area contributed by atoms with Crippen LogP contribution in [-0.4, -0.2) is 97.9 Å². The summed E-state index contributed by atoms with van der Waals surface area (Å²) in [6, 6.07) is 0. The molecule has 0 aromatic heterocycles. The van der Waals surface area contributed by atoms with Gasteiger partial charge in [0, 0.05) is 68.9 Å². The van der Waals surface area contributed by atoms with Crippen molar-refractivity contribution in [3.8, 4) is 0 Å². The second kappa shape index (κ2) is 9.81. The van der Waals surface area contributed by atoms with Crippen LogP contribution in [0.1, 0.15) is 39.5 Å². The minimum absolute atomic E-state index is 0.0938. The Morgan fingerprint density at radius 3 is 2.37 bits per heavy atom. The lowest BCUT2D eigenvalue weighted by Crippen LogP contribution is -2.59. The van der Waals surface area contributed by atoms with Crippen molar-refractivity contribution in [2.45, 2.75) is 50.6 Å². The van der Waals surface area contributed by atoms with E-state index in [1.807, 2.05) is 7.05 Å². The van der Waals surface area contributed by atoms with Gasteiger partial charge in [-0.3, -0.25) is 14.8 Å². The molecule has 0 unspecified atom stereocenters. The summed E-state index contributed by atoms with van der Waals surface area (Å²) in [4.78, 5) is 9.77. The maximum atomic E-state index is 5.50. The van der Waals surface area contributed by atoms with Crippen molar-refractivity contribution >= 4 is 17.7 Å². The van der Waals surface area contributed by atoms with E-state index in [0.717, 1.165) is 45.4 Å². The summed E-state index contributed by atoms with van der Waals surface area (Å²) in [5.74, 6) is 3.50. The highest BCUT2D eigenvalue weighted by atomic mass is 32.2. The first-order valence-corrected chi connectivity index (χ1v) is 11.8. The van der Waals surface area contributed by atoms with Gasteiger partial charge in [0.15, 0.2) is 5.96 Å². The summed E-state index contributed by atoms with van der Waals surface area (Å²) in [5, 5.41) is 7.26. The van der Waals surface area contributed by atoms with Crippen LogP contribution in [0.2, 0.25) is 0 Å². The number of nitrogens with zero attached hydrogens (tertiary/aromatic N) is 3. The molecule has 1 aliphatic carbocycles. The van der Waals surface area contributed by atoms with E-state index >= 15 is 0 Å². The summed E-state index contributed by atoms with van der Waals surface area (Å²) in [6.07, 6.45) is 5.37. The van der Waals surface area contributed by atoms with Crippen molar-refractivity contribution in [1.82, 2.24) is 20.4 Å². The summed E-state index contributed by atoms with van der Waals surface area (Å²) in [7, 11) is 1.88. The molecule has 0 aromatic carbocycles. The van der Waals surface area contributed by atoms with E-state index in [9.17, 15) is 0 Å². The van der Waals surface area contributed by atoms with Crippen LogP contribution in [0.3, 0.4) is 0 Å². The van der Waals surface area contributed by atoms with Crippen molar-refractivity contribution in [2.75, 3.05) is 71.0 Å². The standard InChI is InChI=1S/C20H39N5OS/c1-19(2,24-8-12-26-13-9-24)16-22-18(21-3)23-17-20(6-4-5-7-20)25-10-14-27-15-11-25/h4-17H2,1-3H3,(H2,21,22,23). The monoisotopic (exact) mass is 397 g/mol. The fraction of sp³-hybridized carbons (Fsp3) is 0.950. The maximum absolute atomic E-state index is 5.50. The smallest absolute Gasteiger partial charge is 0.191 e. The first kappa shape index (κ1) is 21.2. The van der Waals surface area contributed by atoms with Crippen LogP contribution in [0.15, 0.2) is 4.99 Å². The molecule has 0 radical (unpaired) electrons. The second-order valence-corrected chi connectivity index (χ2v) is 9.95. The molecule has 6 nitrogen and oxygen atoms in total. The van der Waals surface area contributed by atoms with E-state index in [2.05, 4.69) is 51.0 Å². The molecule has 3 aliphatic rings. The van der Waals surface area contributed by atoms with Crippen LogP contribution in [0.25, 0.3) is 0 Å². The van der Waals surface area contributed by atoms with E-state index in [0.29, 0.717) is 5.54 Å². The Balaban J connectivity index is 1.51. The fourth-order valence-corrected chi connectivity index (χ4v) is 5.63. The molecule has 156 valence electrons. The molecule has 2 heterocycles. The zero-order valence-corrected chi connectivity index (χ0v) is 18.4. The summed E-state index contributed by atoms with van der Waals surface area (Å²) < 4.78 is 5.50. The van der Waals surface area contributed by atoms with Gasteiger partial charge in [0.05, 0.1) is 13.2 Å². The third-order valence-electron chi connectivity index (χ3n) is 6.58. The highest BCUT2D eigenvalue weighted by Crippen LogP contribution is 2.36. The van der Waals surface area contributed by atoms with Crippen molar-refractivity contribution in [3.63, 3.8) is 0 Å². The molecular formula is C20H39N5OS. The number of aliphatic imine (C=N–C) groups is 1. The number of hydrogen-bond acceptors (Lipinski definition) is 5. The molecule has 0 aromatic rings. The Labute approximate surface area is 169 Å². The average molecular weight is 398 g/mol. The summed E-state index contributed by atoms with van der Waals surface area (Å²) in [6.45, 7) is 12.7. The molecule has 3 rings (SSSR count). The normalized spacial score (nSPS) is 25.5. The van der Waals surface area contributed by atoms with E-state index in [4.69, 9.17) is 4.74 Å². The predicted molar refractivity (Wildman–Crippen MR) is 116 cm³/mol. The Hall–Kier alpha value is -0.500. The SMILES string of the molecule is CN=C(NCC(C)(C)N1CCOCC1)NCC1(N2CCSCC2)CCCC1. The first-order valence-electron chi connectivity index (χ1n) is 10.7. The van der Waals surface area contributed by atoms with Gasteiger partial charge < -0.3 is 15.4 Å². The summed E-state index contributed by atoms with van der Waals surface area (Å²) in [5.41, 5.74) is 0.425. The molecular weight excluding hydrogens is 358 g/mol. The van der Waals surface area contributed by atoms with Crippen LogP contribution < -0.4 is 10.6 Å². The molecule has 27 heavy (non-hydrogen) atoms. The molecule has 2 saturated heterocycles. The molecule has 3 fully saturated rings. The Morgan fingerprint density at radius 1 is 1.07 bits per heavy atom. The van der Waals surface area contributed by atoms with Gasteiger partial charge in [-0.1, -0.05) is 12.8 Å². The first-order chi connectivity index (χ1) is 13.1. The van der Waals surface area contributed by atoms with Crippen LogP contribution in [0.5, 0.6) is 0 Å². The zero-order chi connectivity index (χ0) is 19.2. The van der Waals surface area contributed by atoms with Gasteiger partial charge in [-0.05, 0) is 26.7 Å². The lowest BCUT2D eigenvalue weighted by atomic mass is 9.94. The number of nitrogens with one attached hydrogen (secondary N) is 2. The lowest BCUT2D eigenvalue weighted by molar-refractivity contribution is -0.00836. The van der Waals surface area contributed by atoms with Crippen LogP contribution in [0, 0.1) is 0 Å². The van der Waals surface area contributed by atoms with Crippen LogP contribution in [-0.2, 0) is 4.74 Å². The largest absolute Gasteiger partial charge is 0.379 e. The van der Waals surface area contributed by atoms with Gasteiger partial charge in [-0.25, -0.2) is 0 Å². The highest BCUT2D eigenvalue weighted by molar-refractivity contribution is 7.99. The van der Waals surface area contributed by atoms with E-state index in [1.54, 1.807) is 0 Å². The van der Waals surface area contributed by atoms with Crippen LogP contribution in [0.4, 0.5) is 0 Å². The number of hydrogen-bond donors (Lipinski definition) is 2. The van der Waals surface area contributed by atoms with Gasteiger partial charge in [0.2, 0.25) is 0 Å². The Morgan fingerprint density at radius 2 is 1.74 bits per heavy atom. The van der Waals surface area contributed by atoms with Crippen molar-refractivity contribution in [2.24, 2.45) is 4.99 Å². The van der Waals surface area contributed by atoms with E-state index < -0.39 is 0 Å². The average Bonchev–Trinajstić information content (AvgIpc) is 3.20. The molecule has 0 amide bonds. The molecule has 0 bridgehead atoms. The fourth-order valence-electron chi connectivity index (χ4n) is 4.72. The topological polar surface area (TPSA) is 52.1 Å². The predicted octanol–water partition coefficient (Wildman–Crippen LogP) is 1.62. The number of rotatable bonds is 6. The molecule has 0 atom stereocenters. The third-order valence-corrected chi connectivity index (χ3v) is 7.52. The van der Waals surface area contributed by atoms with Crippen LogP contribution >= 0.6 is 11.8 Å². The van der Waals surface area contributed by atoms with Gasteiger partial charge in [-0.15, -0.1) is 0 Å². The minimum Gasteiger partial charge on any atom is -0.379 e. The quantitative estimate of drug-likeness (QED) is 0.525. The van der Waals surface area contributed by atoms with Gasteiger partial charge >= 0.3 is 0 Å². The Kier molecular flexibility index (Phi) is 7.71. The molecule has 2 aliphatic heterocycles. The maximum Gasteiger partial charge on any atom is 0.191 e. The van der Waals surface area contributed by atoms with Gasteiger partial charge in [0.1, 0.15) is 0 Å². The van der Waals surface area contributed by atoms with Crippen molar-refractivity contribution in [3.05, 3.63) is 0 Å². The lowest BCUT2D eigenvalue weighted by Gasteiger charge is -2.44.